The highest BCUT2D eigenvalue weighted by atomic mass is 35.5. The fourth-order valence-corrected chi connectivity index (χ4v) is 1.71. The Balaban J connectivity index is 2.73. The number of halogens is 1. The van der Waals surface area contributed by atoms with Gasteiger partial charge in [-0.2, -0.15) is 4.98 Å². The molecule has 0 radical (unpaired) electrons. The summed E-state index contributed by atoms with van der Waals surface area (Å²) in [6.07, 6.45) is 2.28. The number of hydrogen-bond donors (Lipinski definition) is 2. The molecule has 0 atom stereocenters. The molecular formula is C11H19ClN4. The molecule has 1 aromatic heterocycles. The van der Waals surface area contributed by atoms with Crippen LogP contribution in [0, 0.1) is 12.8 Å². The van der Waals surface area contributed by atoms with Crippen molar-refractivity contribution < 1.29 is 0 Å². The average Bonchev–Trinajstić information content (AvgIpc) is 2.26. The van der Waals surface area contributed by atoms with Gasteiger partial charge in [0, 0.05) is 6.54 Å². The van der Waals surface area contributed by atoms with Crippen LogP contribution in [0.4, 0.5) is 11.5 Å². The molecule has 16 heavy (non-hydrogen) atoms. The number of aromatic nitrogens is 2. The molecule has 0 unspecified atom stereocenters. The topological polar surface area (TPSA) is 63.8 Å². The summed E-state index contributed by atoms with van der Waals surface area (Å²) in [5.74, 6) is 1.28. The molecule has 1 heterocycles. The summed E-state index contributed by atoms with van der Waals surface area (Å²) in [6, 6.07) is 0. The number of rotatable bonds is 5. The number of nitrogen functional groups attached to an aromatic ring is 1. The van der Waals surface area contributed by atoms with Gasteiger partial charge in [0.05, 0.1) is 11.4 Å². The van der Waals surface area contributed by atoms with Crippen LogP contribution in [-0.2, 0) is 0 Å². The predicted octanol–water partition coefficient (Wildman–Crippen LogP) is 2.87. The third-order valence-electron chi connectivity index (χ3n) is 2.82. The molecule has 3 N–H and O–H groups in total. The minimum atomic E-state index is 0.235. The van der Waals surface area contributed by atoms with Gasteiger partial charge in [-0.15, -0.1) is 0 Å². The number of nitrogens with one attached hydrogen (secondary N) is 1. The van der Waals surface area contributed by atoms with Gasteiger partial charge >= 0.3 is 0 Å². The van der Waals surface area contributed by atoms with Crippen LogP contribution in [0.3, 0.4) is 0 Å². The Bertz CT molecular complexity index is 350. The summed E-state index contributed by atoms with van der Waals surface area (Å²) in [5, 5.41) is 3.47. The number of nitrogens with two attached hydrogens (primary N) is 1. The number of nitrogens with zero attached hydrogens (tertiary/aromatic N) is 2. The van der Waals surface area contributed by atoms with Gasteiger partial charge in [0.2, 0.25) is 5.28 Å². The molecule has 0 saturated heterocycles. The number of aryl methyl sites for hydroxylation is 1. The molecule has 5 heteroatoms. The Morgan fingerprint density at radius 1 is 1.31 bits per heavy atom. The zero-order valence-corrected chi connectivity index (χ0v) is 10.8. The molecule has 0 saturated carbocycles. The van der Waals surface area contributed by atoms with Gasteiger partial charge in [-0.1, -0.05) is 26.7 Å². The van der Waals surface area contributed by atoms with Gasteiger partial charge in [0.15, 0.2) is 5.82 Å². The quantitative estimate of drug-likeness (QED) is 0.780. The van der Waals surface area contributed by atoms with Gasteiger partial charge in [0.1, 0.15) is 0 Å². The Morgan fingerprint density at radius 3 is 2.50 bits per heavy atom. The lowest BCUT2D eigenvalue weighted by molar-refractivity contribution is 0.518. The van der Waals surface area contributed by atoms with Crippen molar-refractivity contribution >= 4 is 23.1 Å². The SMILES string of the molecule is CCC(CC)CNc1nc(Cl)nc(C)c1N. The highest BCUT2D eigenvalue weighted by Gasteiger charge is 2.09. The average molecular weight is 243 g/mol. The zero-order chi connectivity index (χ0) is 12.1. The van der Waals surface area contributed by atoms with E-state index in [4.69, 9.17) is 17.3 Å². The van der Waals surface area contributed by atoms with Crippen LogP contribution in [-0.4, -0.2) is 16.5 Å². The molecule has 1 aromatic rings. The zero-order valence-electron chi connectivity index (χ0n) is 10.0. The summed E-state index contributed by atoms with van der Waals surface area (Å²) in [6.45, 7) is 7.05. The van der Waals surface area contributed by atoms with E-state index in [2.05, 4.69) is 29.1 Å². The minimum absolute atomic E-state index is 0.235. The van der Waals surface area contributed by atoms with Gasteiger partial charge in [-0.25, -0.2) is 4.98 Å². The first-order chi connectivity index (χ1) is 7.58. The Kier molecular flexibility index (Phi) is 4.80. The summed E-state index contributed by atoms with van der Waals surface area (Å²) >= 11 is 5.79. The molecule has 0 amide bonds. The van der Waals surface area contributed by atoms with Crippen molar-refractivity contribution in [2.45, 2.75) is 33.6 Å². The van der Waals surface area contributed by atoms with Gasteiger partial charge in [0.25, 0.3) is 0 Å². The van der Waals surface area contributed by atoms with Crippen molar-refractivity contribution in [3.63, 3.8) is 0 Å². The second-order valence-corrected chi connectivity index (χ2v) is 4.24. The first kappa shape index (κ1) is 13.0. The summed E-state index contributed by atoms with van der Waals surface area (Å²) in [7, 11) is 0. The Labute approximate surface area is 102 Å². The predicted molar refractivity (Wildman–Crippen MR) is 68.8 cm³/mol. The van der Waals surface area contributed by atoms with Crippen LogP contribution in [0.1, 0.15) is 32.4 Å². The van der Waals surface area contributed by atoms with Crippen LogP contribution in [0.2, 0.25) is 5.28 Å². The summed E-state index contributed by atoms with van der Waals surface area (Å²) in [5.41, 5.74) is 7.17. The van der Waals surface area contributed by atoms with Crippen LogP contribution in [0.25, 0.3) is 0 Å². The maximum absolute atomic E-state index is 5.87. The van der Waals surface area contributed by atoms with E-state index in [1.54, 1.807) is 0 Å². The molecule has 0 aliphatic rings. The molecule has 0 aliphatic carbocycles. The number of anilines is 2. The van der Waals surface area contributed by atoms with Gasteiger partial charge in [-0.05, 0) is 24.4 Å². The molecule has 0 spiro atoms. The first-order valence-electron chi connectivity index (χ1n) is 5.61. The van der Waals surface area contributed by atoms with E-state index in [1.807, 2.05) is 6.92 Å². The van der Waals surface area contributed by atoms with E-state index in [-0.39, 0.29) is 5.28 Å². The van der Waals surface area contributed by atoms with E-state index in [9.17, 15) is 0 Å². The van der Waals surface area contributed by atoms with E-state index in [0.29, 0.717) is 23.1 Å². The Morgan fingerprint density at radius 2 is 1.94 bits per heavy atom. The summed E-state index contributed by atoms with van der Waals surface area (Å²) in [4.78, 5) is 8.08. The van der Waals surface area contributed by atoms with Crippen molar-refractivity contribution in [2.24, 2.45) is 5.92 Å². The third kappa shape index (κ3) is 3.23. The molecule has 0 bridgehead atoms. The maximum Gasteiger partial charge on any atom is 0.224 e. The third-order valence-corrected chi connectivity index (χ3v) is 2.99. The highest BCUT2D eigenvalue weighted by molar-refractivity contribution is 6.28. The molecule has 1 rings (SSSR count). The van der Waals surface area contributed by atoms with Crippen molar-refractivity contribution in [2.75, 3.05) is 17.6 Å². The maximum atomic E-state index is 5.87. The molecule has 0 fully saturated rings. The highest BCUT2D eigenvalue weighted by Crippen LogP contribution is 2.21. The van der Waals surface area contributed by atoms with Crippen molar-refractivity contribution in [3.8, 4) is 0 Å². The standard InChI is InChI=1S/C11H19ClN4/c1-4-8(5-2)6-14-10-9(13)7(3)15-11(12)16-10/h8H,4-6,13H2,1-3H3,(H,14,15,16). The molecule has 0 aromatic carbocycles. The first-order valence-corrected chi connectivity index (χ1v) is 5.99. The monoisotopic (exact) mass is 242 g/mol. The molecule has 0 aliphatic heterocycles. The van der Waals surface area contributed by atoms with E-state index >= 15 is 0 Å². The smallest absolute Gasteiger partial charge is 0.224 e. The fourth-order valence-electron chi connectivity index (χ4n) is 1.50. The lowest BCUT2D eigenvalue weighted by Crippen LogP contribution is -2.15. The van der Waals surface area contributed by atoms with Crippen LogP contribution in [0.15, 0.2) is 0 Å². The lowest BCUT2D eigenvalue weighted by Gasteiger charge is -2.15. The van der Waals surface area contributed by atoms with Crippen LogP contribution in [0.5, 0.6) is 0 Å². The van der Waals surface area contributed by atoms with Gasteiger partial charge in [-0.3, -0.25) is 0 Å². The fraction of sp³-hybridized carbons (Fsp3) is 0.636. The molecule has 4 nitrogen and oxygen atoms in total. The van der Waals surface area contributed by atoms with Gasteiger partial charge < -0.3 is 11.1 Å². The molecule has 90 valence electrons. The second kappa shape index (κ2) is 5.89. The second-order valence-electron chi connectivity index (χ2n) is 3.90. The lowest BCUT2D eigenvalue weighted by atomic mass is 10.0. The van der Waals surface area contributed by atoms with E-state index in [1.165, 1.54) is 0 Å². The van der Waals surface area contributed by atoms with Crippen LogP contribution >= 0.6 is 11.6 Å². The van der Waals surface area contributed by atoms with E-state index < -0.39 is 0 Å². The van der Waals surface area contributed by atoms with Crippen LogP contribution < -0.4 is 11.1 Å². The minimum Gasteiger partial charge on any atom is -0.394 e. The normalized spacial score (nSPS) is 10.8. The summed E-state index contributed by atoms with van der Waals surface area (Å²) < 4.78 is 0. The van der Waals surface area contributed by atoms with E-state index in [0.717, 1.165) is 19.4 Å². The number of hydrogen-bond acceptors (Lipinski definition) is 4. The van der Waals surface area contributed by atoms with Crippen molar-refractivity contribution in [1.82, 2.24) is 9.97 Å². The van der Waals surface area contributed by atoms with Crippen molar-refractivity contribution in [3.05, 3.63) is 11.0 Å². The Hall–Kier alpha value is -1.03. The van der Waals surface area contributed by atoms with Crippen molar-refractivity contribution in [1.29, 1.82) is 0 Å². The molecular weight excluding hydrogens is 224 g/mol. The largest absolute Gasteiger partial charge is 0.394 e.